The van der Waals surface area contributed by atoms with Crippen molar-refractivity contribution in [1.29, 1.82) is 0 Å². The highest BCUT2D eigenvalue weighted by molar-refractivity contribution is 5.70. The third-order valence-corrected chi connectivity index (χ3v) is 4.66. The van der Waals surface area contributed by atoms with E-state index in [1.807, 2.05) is 4.90 Å². The van der Waals surface area contributed by atoms with Gasteiger partial charge in [0.05, 0.1) is 6.54 Å². The predicted molar refractivity (Wildman–Crippen MR) is 84.4 cm³/mol. The van der Waals surface area contributed by atoms with Gasteiger partial charge in [-0.3, -0.25) is 0 Å². The lowest BCUT2D eigenvalue weighted by Gasteiger charge is -2.26. The van der Waals surface area contributed by atoms with Crippen molar-refractivity contribution in [2.45, 2.75) is 50.8 Å². The zero-order chi connectivity index (χ0) is 18.2. The van der Waals surface area contributed by atoms with Gasteiger partial charge >= 0.3 is 12.3 Å². The average molecular weight is 358 g/mol. The summed E-state index contributed by atoms with van der Waals surface area (Å²) in [5, 5.41) is 2.66. The Bertz CT molecular complexity index is 665. The molecule has 0 radical (unpaired) electrons. The van der Waals surface area contributed by atoms with E-state index in [1.165, 1.54) is 0 Å². The summed E-state index contributed by atoms with van der Waals surface area (Å²) in [6.45, 7) is 5.07. The minimum Gasteiger partial charge on any atom is -0.441 e. The molecular formula is C16H21F3N4O2. The molecule has 138 valence electrons. The van der Waals surface area contributed by atoms with Crippen molar-refractivity contribution in [2.75, 3.05) is 24.5 Å². The largest absolute Gasteiger partial charge is 0.451 e. The van der Waals surface area contributed by atoms with Gasteiger partial charge in [0, 0.05) is 31.3 Å². The Kier molecular flexibility index (Phi) is 4.51. The van der Waals surface area contributed by atoms with E-state index in [2.05, 4.69) is 15.3 Å². The number of ether oxygens (including phenoxy) is 1. The summed E-state index contributed by atoms with van der Waals surface area (Å²) < 4.78 is 44.8. The summed E-state index contributed by atoms with van der Waals surface area (Å²) >= 11 is 0. The fourth-order valence-corrected chi connectivity index (χ4v) is 3.21. The minimum atomic E-state index is -4.59. The van der Waals surface area contributed by atoms with E-state index < -0.39 is 23.7 Å². The molecule has 1 spiro atoms. The van der Waals surface area contributed by atoms with Crippen LogP contribution in [0.4, 0.5) is 23.8 Å². The fraction of sp³-hybridized carbons (Fsp3) is 0.688. The molecule has 0 bridgehead atoms. The van der Waals surface area contributed by atoms with Crippen molar-refractivity contribution in [3.63, 3.8) is 0 Å². The summed E-state index contributed by atoms with van der Waals surface area (Å²) in [7, 11) is 0. The maximum absolute atomic E-state index is 13.1. The van der Waals surface area contributed by atoms with Gasteiger partial charge in [-0.2, -0.15) is 13.2 Å². The highest BCUT2D eigenvalue weighted by atomic mass is 19.4. The van der Waals surface area contributed by atoms with Gasteiger partial charge in [-0.1, -0.05) is 13.8 Å². The van der Waals surface area contributed by atoms with Crippen LogP contribution in [0.5, 0.6) is 0 Å². The second-order valence-electron chi connectivity index (χ2n) is 6.89. The minimum absolute atomic E-state index is 0.138. The standard InChI is InChI=1S/C16H21F3N4O2/c1-10(2)11-8-12(22-13(21-11)16(17,18)19)23-6-3-4-15(5-7-23)9-20-14(24)25-15/h8,10H,3-7,9H2,1-2H3,(H,20,24)/t15-/m1/s1. The number of carbonyl (C=O) groups is 1. The lowest BCUT2D eigenvalue weighted by molar-refractivity contribution is -0.145. The molecule has 6 nitrogen and oxygen atoms in total. The van der Waals surface area contributed by atoms with Gasteiger partial charge in [0.2, 0.25) is 5.82 Å². The normalized spacial score (nSPS) is 24.4. The topological polar surface area (TPSA) is 67.4 Å². The van der Waals surface area contributed by atoms with Crippen molar-refractivity contribution in [2.24, 2.45) is 0 Å². The van der Waals surface area contributed by atoms with Gasteiger partial charge in [0.1, 0.15) is 11.4 Å². The lowest BCUT2D eigenvalue weighted by atomic mass is 9.95. The monoisotopic (exact) mass is 358 g/mol. The first kappa shape index (κ1) is 17.8. The van der Waals surface area contributed by atoms with E-state index in [9.17, 15) is 18.0 Å². The zero-order valence-electron chi connectivity index (χ0n) is 14.2. The number of rotatable bonds is 2. The summed E-state index contributed by atoms with van der Waals surface area (Å²) in [5.74, 6) is -0.969. The van der Waals surface area contributed by atoms with E-state index in [0.717, 1.165) is 0 Å². The first-order chi connectivity index (χ1) is 11.7. The number of hydrogen-bond donors (Lipinski definition) is 1. The van der Waals surface area contributed by atoms with Crippen LogP contribution < -0.4 is 10.2 Å². The quantitative estimate of drug-likeness (QED) is 0.880. The number of nitrogens with zero attached hydrogens (tertiary/aromatic N) is 3. The van der Waals surface area contributed by atoms with E-state index in [-0.39, 0.29) is 11.7 Å². The highest BCUT2D eigenvalue weighted by Gasteiger charge is 2.42. The molecule has 0 saturated carbocycles. The number of halogens is 3. The molecule has 25 heavy (non-hydrogen) atoms. The van der Waals surface area contributed by atoms with Crippen molar-refractivity contribution >= 4 is 11.9 Å². The Hall–Kier alpha value is -2.06. The Morgan fingerprint density at radius 3 is 2.64 bits per heavy atom. The first-order valence-corrected chi connectivity index (χ1v) is 8.36. The van der Waals surface area contributed by atoms with Crippen LogP contribution in [0.15, 0.2) is 6.07 Å². The Balaban J connectivity index is 1.86. The number of nitrogens with one attached hydrogen (secondary N) is 1. The molecule has 1 N–H and O–H groups in total. The predicted octanol–water partition coefficient (Wildman–Crippen LogP) is 3.09. The summed E-state index contributed by atoms with van der Waals surface area (Å²) in [6, 6.07) is 1.62. The van der Waals surface area contributed by atoms with Crippen LogP contribution in [-0.2, 0) is 10.9 Å². The van der Waals surface area contributed by atoms with Crippen LogP contribution in [0.25, 0.3) is 0 Å². The second kappa shape index (κ2) is 6.34. The number of alkyl halides is 3. The number of aromatic nitrogens is 2. The number of alkyl carbamates (subject to hydrolysis) is 1. The molecule has 0 aliphatic carbocycles. The Morgan fingerprint density at radius 2 is 2.04 bits per heavy atom. The molecule has 3 rings (SSSR count). The molecule has 2 fully saturated rings. The van der Waals surface area contributed by atoms with Gasteiger partial charge in [-0.05, 0) is 18.8 Å². The molecule has 2 aliphatic heterocycles. The summed E-state index contributed by atoms with van der Waals surface area (Å²) in [4.78, 5) is 20.6. The molecule has 0 aromatic carbocycles. The SMILES string of the molecule is CC(C)c1cc(N2CCC[C@@]3(CC2)CNC(=O)O3)nc(C(F)(F)F)n1. The third-order valence-electron chi connectivity index (χ3n) is 4.66. The van der Waals surface area contributed by atoms with Gasteiger partial charge in [-0.25, -0.2) is 14.8 Å². The molecule has 1 aromatic rings. The van der Waals surface area contributed by atoms with Gasteiger partial charge in [-0.15, -0.1) is 0 Å². The molecule has 9 heteroatoms. The number of hydrogen-bond acceptors (Lipinski definition) is 5. The maximum Gasteiger partial charge on any atom is 0.451 e. The highest BCUT2D eigenvalue weighted by Crippen LogP contribution is 2.33. The molecule has 1 atom stereocenters. The molecular weight excluding hydrogens is 337 g/mol. The van der Waals surface area contributed by atoms with E-state index in [4.69, 9.17) is 4.74 Å². The zero-order valence-corrected chi connectivity index (χ0v) is 14.2. The maximum atomic E-state index is 13.1. The number of anilines is 1. The number of carbonyl (C=O) groups excluding carboxylic acids is 1. The molecule has 3 heterocycles. The van der Waals surface area contributed by atoms with Gasteiger partial charge in [0.15, 0.2) is 0 Å². The lowest BCUT2D eigenvalue weighted by Crippen LogP contribution is -2.35. The first-order valence-electron chi connectivity index (χ1n) is 8.36. The van der Waals surface area contributed by atoms with Crippen LogP contribution in [0.3, 0.4) is 0 Å². The molecule has 1 aromatic heterocycles. The van der Waals surface area contributed by atoms with Crippen molar-refractivity contribution in [3.8, 4) is 0 Å². The average Bonchev–Trinajstić information content (AvgIpc) is 2.77. The molecule has 1 amide bonds. The van der Waals surface area contributed by atoms with Crippen molar-refractivity contribution < 1.29 is 22.7 Å². The van der Waals surface area contributed by atoms with Crippen LogP contribution in [0, 0.1) is 0 Å². The van der Waals surface area contributed by atoms with Crippen molar-refractivity contribution in [1.82, 2.24) is 15.3 Å². The fourth-order valence-electron chi connectivity index (χ4n) is 3.21. The Labute approximate surface area is 143 Å². The number of amides is 1. The van der Waals surface area contributed by atoms with E-state index >= 15 is 0 Å². The third kappa shape index (κ3) is 3.80. The van der Waals surface area contributed by atoms with E-state index in [1.54, 1.807) is 19.9 Å². The molecule has 0 unspecified atom stereocenters. The molecule has 2 saturated heterocycles. The van der Waals surface area contributed by atoms with Crippen LogP contribution >= 0.6 is 0 Å². The van der Waals surface area contributed by atoms with Crippen LogP contribution in [0.2, 0.25) is 0 Å². The summed E-state index contributed by atoms with van der Waals surface area (Å²) in [6.07, 6.45) is -3.09. The second-order valence-corrected chi connectivity index (χ2v) is 6.89. The van der Waals surface area contributed by atoms with Gasteiger partial charge < -0.3 is 15.0 Å². The smallest absolute Gasteiger partial charge is 0.441 e. The Morgan fingerprint density at radius 1 is 1.28 bits per heavy atom. The van der Waals surface area contributed by atoms with Crippen molar-refractivity contribution in [3.05, 3.63) is 17.6 Å². The van der Waals surface area contributed by atoms with Crippen LogP contribution in [-0.4, -0.2) is 41.3 Å². The van der Waals surface area contributed by atoms with Crippen LogP contribution in [0.1, 0.15) is 50.5 Å². The molecule has 2 aliphatic rings. The van der Waals surface area contributed by atoms with Gasteiger partial charge in [0.25, 0.3) is 0 Å². The van der Waals surface area contributed by atoms with E-state index in [0.29, 0.717) is 44.6 Å². The summed E-state index contributed by atoms with van der Waals surface area (Å²) in [5.41, 5.74) is -0.197.